The molecule has 0 aliphatic rings. The maximum atomic E-state index is 12.5. The number of hydrogen-bond acceptors (Lipinski definition) is 5. The van der Waals surface area contributed by atoms with E-state index in [1.807, 2.05) is 66.8 Å². The maximum absolute atomic E-state index is 12.5. The van der Waals surface area contributed by atoms with Gasteiger partial charge in [-0.1, -0.05) is 35.5 Å². The molecule has 29 heavy (non-hydrogen) atoms. The first-order chi connectivity index (χ1) is 14.1. The van der Waals surface area contributed by atoms with E-state index in [1.54, 1.807) is 0 Å². The predicted molar refractivity (Wildman–Crippen MR) is 117 cm³/mol. The quantitative estimate of drug-likeness (QED) is 0.440. The molecule has 2 aromatic heterocycles. The zero-order chi connectivity index (χ0) is 20.4. The number of aromatic nitrogens is 3. The van der Waals surface area contributed by atoms with E-state index in [4.69, 9.17) is 16.3 Å². The van der Waals surface area contributed by atoms with E-state index in [2.05, 4.69) is 15.5 Å². The lowest BCUT2D eigenvalue weighted by Gasteiger charge is -2.11. The van der Waals surface area contributed by atoms with Crippen LogP contribution in [0, 0.1) is 6.92 Å². The van der Waals surface area contributed by atoms with Crippen molar-refractivity contribution in [3.8, 4) is 5.75 Å². The number of halogens is 1. The molecule has 0 aliphatic heterocycles. The molecule has 0 saturated carbocycles. The van der Waals surface area contributed by atoms with Gasteiger partial charge in [-0.15, -0.1) is 10.2 Å². The number of benzene rings is 2. The monoisotopic (exact) mass is 426 g/mol. The number of amides is 1. The highest BCUT2D eigenvalue weighted by molar-refractivity contribution is 7.99. The van der Waals surface area contributed by atoms with Gasteiger partial charge in [-0.05, 0) is 55.8 Å². The summed E-state index contributed by atoms with van der Waals surface area (Å²) in [7, 11) is 0. The summed E-state index contributed by atoms with van der Waals surface area (Å²) in [6, 6.07) is 15.1. The Morgan fingerprint density at radius 3 is 2.86 bits per heavy atom. The van der Waals surface area contributed by atoms with E-state index in [1.165, 1.54) is 11.8 Å². The molecule has 4 aromatic rings. The lowest BCUT2D eigenvalue weighted by Crippen LogP contribution is -2.15. The fraction of sp³-hybridized carbons (Fsp3) is 0.190. The van der Waals surface area contributed by atoms with Crippen LogP contribution in [0.5, 0.6) is 5.75 Å². The lowest BCUT2D eigenvalue weighted by atomic mass is 10.1. The molecule has 0 bridgehead atoms. The van der Waals surface area contributed by atoms with Crippen molar-refractivity contribution >= 4 is 51.5 Å². The van der Waals surface area contributed by atoms with Crippen molar-refractivity contribution in [2.45, 2.75) is 19.0 Å². The molecule has 4 rings (SSSR count). The van der Waals surface area contributed by atoms with Crippen LogP contribution in [0.25, 0.3) is 16.6 Å². The minimum absolute atomic E-state index is 0.140. The number of pyridine rings is 1. The second kappa shape index (κ2) is 8.31. The summed E-state index contributed by atoms with van der Waals surface area (Å²) in [5.74, 6) is 0.711. The SMILES string of the molecule is CCOc1ccccc1NC(=O)CSc1nnc2cc(C)c3cc(Cl)ccc3n12. The molecule has 2 heterocycles. The van der Waals surface area contributed by atoms with Gasteiger partial charge in [0.2, 0.25) is 5.91 Å². The van der Waals surface area contributed by atoms with Crippen molar-refractivity contribution in [1.82, 2.24) is 14.6 Å². The van der Waals surface area contributed by atoms with Gasteiger partial charge in [-0.3, -0.25) is 9.20 Å². The van der Waals surface area contributed by atoms with Crippen molar-refractivity contribution in [3.05, 3.63) is 59.1 Å². The summed E-state index contributed by atoms with van der Waals surface area (Å²) >= 11 is 7.49. The molecule has 2 aromatic carbocycles. The fourth-order valence-corrected chi connectivity index (χ4v) is 4.08. The topological polar surface area (TPSA) is 68.5 Å². The van der Waals surface area contributed by atoms with Crippen molar-refractivity contribution < 1.29 is 9.53 Å². The Morgan fingerprint density at radius 1 is 1.21 bits per heavy atom. The third kappa shape index (κ3) is 4.02. The number of aryl methyl sites for hydroxylation is 1. The number of thioether (sulfide) groups is 1. The first-order valence-electron chi connectivity index (χ1n) is 9.15. The zero-order valence-corrected chi connectivity index (χ0v) is 17.5. The van der Waals surface area contributed by atoms with Crippen molar-refractivity contribution in [3.63, 3.8) is 0 Å². The van der Waals surface area contributed by atoms with E-state index < -0.39 is 0 Å². The number of carbonyl (C=O) groups excluding carboxylic acids is 1. The molecule has 0 saturated heterocycles. The van der Waals surface area contributed by atoms with Crippen molar-refractivity contribution in [2.75, 3.05) is 17.7 Å². The summed E-state index contributed by atoms with van der Waals surface area (Å²) < 4.78 is 7.51. The summed E-state index contributed by atoms with van der Waals surface area (Å²) in [6.07, 6.45) is 0. The molecule has 0 fully saturated rings. The zero-order valence-electron chi connectivity index (χ0n) is 16.0. The maximum Gasteiger partial charge on any atom is 0.234 e. The number of ether oxygens (including phenoxy) is 1. The average Bonchev–Trinajstić information content (AvgIpc) is 3.11. The molecule has 6 nitrogen and oxygen atoms in total. The van der Waals surface area contributed by atoms with Crippen LogP contribution in [0.2, 0.25) is 5.02 Å². The van der Waals surface area contributed by atoms with E-state index in [0.29, 0.717) is 28.2 Å². The lowest BCUT2D eigenvalue weighted by molar-refractivity contribution is -0.113. The van der Waals surface area contributed by atoms with Crippen LogP contribution >= 0.6 is 23.4 Å². The average molecular weight is 427 g/mol. The van der Waals surface area contributed by atoms with Gasteiger partial charge in [-0.25, -0.2) is 0 Å². The van der Waals surface area contributed by atoms with Crippen LogP contribution in [0.1, 0.15) is 12.5 Å². The Kier molecular flexibility index (Phi) is 5.60. The van der Waals surface area contributed by atoms with E-state index >= 15 is 0 Å². The molecule has 0 atom stereocenters. The van der Waals surface area contributed by atoms with Crippen molar-refractivity contribution in [1.29, 1.82) is 0 Å². The van der Waals surface area contributed by atoms with Gasteiger partial charge in [0.05, 0.1) is 23.6 Å². The Morgan fingerprint density at radius 2 is 2.03 bits per heavy atom. The number of carbonyl (C=O) groups is 1. The Bertz CT molecular complexity index is 1210. The standard InChI is InChI=1S/C21H19ClN4O2S/c1-3-28-18-7-5-4-6-16(18)23-20(27)12-29-21-25-24-19-10-13(2)15-11-14(22)8-9-17(15)26(19)21/h4-11H,3,12H2,1-2H3,(H,23,27). The molecule has 0 unspecified atom stereocenters. The van der Waals surface area contributed by atoms with E-state index in [-0.39, 0.29) is 11.7 Å². The van der Waals surface area contributed by atoms with Crippen LogP contribution in [0.4, 0.5) is 5.69 Å². The smallest absolute Gasteiger partial charge is 0.234 e. The summed E-state index contributed by atoms with van der Waals surface area (Å²) in [5, 5.41) is 13.8. The molecule has 1 amide bonds. The van der Waals surface area contributed by atoms with Crippen LogP contribution in [0.3, 0.4) is 0 Å². The summed E-state index contributed by atoms with van der Waals surface area (Å²) in [4.78, 5) is 12.5. The molecular weight excluding hydrogens is 408 g/mol. The molecule has 0 radical (unpaired) electrons. The van der Waals surface area contributed by atoms with Gasteiger partial charge in [0.15, 0.2) is 10.8 Å². The highest BCUT2D eigenvalue weighted by Crippen LogP contribution is 2.28. The van der Waals surface area contributed by atoms with Crippen LogP contribution in [-0.2, 0) is 4.79 Å². The predicted octanol–water partition coefficient (Wildman–Crippen LogP) is 4.97. The van der Waals surface area contributed by atoms with Gasteiger partial charge < -0.3 is 10.1 Å². The van der Waals surface area contributed by atoms with Gasteiger partial charge in [-0.2, -0.15) is 0 Å². The van der Waals surface area contributed by atoms with Crippen molar-refractivity contribution in [2.24, 2.45) is 0 Å². The normalized spacial score (nSPS) is 11.1. The minimum atomic E-state index is -0.140. The van der Waals surface area contributed by atoms with Crippen LogP contribution < -0.4 is 10.1 Å². The Labute approximate surface area is 177 Å². The van der Waals surface area contributed by atoms with Gasteiger partial charge in [0, 0.05) is 10.4 Å². The third-order valence-corrected chi connectivity index (χ3v) is 5.59. The molecule has 148 valence electrons. The molecule has 0 spiro atoms. The first kappa shape index (κ1) is 19.5. The summed E-state index contributed by atoms with van der Waals surface area (Å²) in [6.45, 7) is 4.46. The molecule has 8 heteroatoms. The highest BCUT2D eigenvalue weighted by atomic mass is 35.5. The van der Waals surface area contributed by atoms with Crippen LogP contribution in [0.15, 0.2) is 53.7 Å². The molecule has 1 N–H and O–H groups in total. The fourth-order valence-electron chi connectivity index (χ4n) is 3.15. The Balaban J connectivity index is 1.57. The number of fused-ring (bicyclic) bond motifs is 3. The van der Waals surface area contributed by atoms with Gasteiger partial charge >= 0.3 is 0 Å². The molecular formula is C21H19ClN4O2S. The third-order valence-electron chi connectivity index (χ3n) is 4.42. The summed E-state index contributed by atoms with van der Waals surface area (Å²) in [5.41, 5.74) is 3.42. The number of anilines is 1. The van der Waals surface area contributed by atoms with Gasteiger partial charge in [0.25, 0.3) is 0 Å². The molecule has 0 aliphatic carbocycles. The first-order valence-corrected chi connectivity index (χ1v) is 10.5. The largest absolute Gasteiger partial charge is 0.492 e. The Hall–Kier alpha value is -2.77. The number of rotatable bonds is 6. The number of nitrogens with zero attached hydrogens (tertiary/aromatic N) is 3. The second-order valence-corrected chi connectivity index (χ2v) is 7.81. The van der Waals surface area contributed by atoms with E-state index in [0.717, 1.165) is 22.1 Å². The van der Waals surface area contributed by atoms with E-state index in [9.17, 15) is 4.79 Å². The minimum Gasteiger partial charge on any atom is -0.492 e. The number of hydrogen-bond donors (Lipinski definition) is 1. The van der Waals surface area contributed by atoms with Gasteiger partial charge in [0.1, 0.15) is 5.75 Å². The number of nitrogens with one attached hydrogen (secondary N) is 1. The second-order valence-electron chi connectivity index (χ2n) is 6.43. The van der Waals surface area contributed by atoms with Crippen LogP contribution in [-0.4, -0.2) is 32.9 Å². The number of para-hydroxylation sites is 2. The highest BCUT2D eigenvalue weighted by Gasteiger charge is 2.14.